The van der Waals surface area contributed by atoms with Crippen LogP contribution in [0, 0.1) is 17.8 Å². The van der Waals surface area contributed by atoms with Crippen molar-refractivity contribution >= 4 is 40.5 Å². The smallest absolute Gasteiger partial charge is 0.339 e. The van der Waals surface area contributed by atoms with E-state index >= 15 is 0 Å². The highest BCUT2D eigenvalue weighted by Gasteiger charge is 2.31. The molecule has 2 N–H and O–H groups in total. The number of hydrogen-bond acceptors (Lipinski definition) is 7. The summed E-state index contributed by atoms with van der Waals surface area (Å²) < 4.78 is 16.7. The molecule has 3 amide bonds. The fourth-order valence-corrected chi connectivity index (χ4v) is 6.54. The second-order valence-corrected chi connectivity index (χ2v) is 12.1. The van der Waals surface area contributed by atoms with Crippen LogP contribution in [-0.2, 0) is 16.0 Å². The fourth-order valence-electron chi connectivity index (χ4n) is 6.54. The Kier molecular flexibility index (Phi) is 9.52. The molecule has 3 aromatic rings. The maximum atomic E-state index is 13.7. The van der Waals surface area contributed by atoms with Crippen molar-refractivity contribution in [1.82, 2.24) is 15.6 Å². The Hall–Kier alpha value is -4.40. The van der Waals surface area contributed by atoms with Gasteiger partial charge in [-0.25, -0.2) is 14.6 Å². The second kappa shape index (κ2) is 13.5. The Labute approximate surface area is 258 Å². The maximum absolute atomic E-state index is 13.7. The van der Waals surface area contributed by atoms with E-state index in [4.69, 9.17) is 19.2 Å². The number of nitrogens with one attached hydrogen (secondary N) is 2. The number of nitrogens with zero attached hydrogens (tertiary/aromatic N) is 1. The van der Waals surface area contributed by atoms with Crippen molar-refractivity contribution in [3.05, 3.63) is 64.8 Å². The highest BCUT2D eigenvalue weighted by Crippen LogP contribution is 2.41. The number of rotatable bonds is 7. The first-order chi connectivity index (χ1) is 21.2. The maximum Gasteiger partial charge on any atom is 0.339 e. The fraction of sp³-hybridized carbons (Fsp3) is 0.429. The van der Waals surface area contributed by atoms with E-state index in [1.54, 1.807) is 14.2 Å². The van der Waals surface area contributed by atoms with Gasteiger partial charge in [0, 0.05) is 17.0 Å². The van der Waals surface area contributed by atoms with Crippen molar-refractivity contribution in [3.63, 3.8) is 0 Å². The SMILES string of the molecule is COc1cccc(/C=C2/CC(C)Cc3c2nc2ccccc2c3C(=O)OCC(=O)NC(=O)NC2CCCC(C)C2C)c1OC. The van der Waals surface area contributed by atoms with Crippen LogP contribution in [0.1, 0.15) is 73.6 Å². The van der Waals surface area contributed by atoms with Crippen LogP contribution in [-0.4, -0.2) is 49.8 Å². The number of methoxy groups -OCH3 is 2. The number of imide groups is 1. The molecule has 1 saturated carbocycles. The summed E-state index contributed by atoms with van der Waals surface area (Å²) in [6.07, 6.45) is 6.46. The molecule has 232 valence electrons. The predicted molar refractivity (Wildman–Crippen MR) is 170 cm³/mol. The van der Waals surface area contributed by atoms with Crippen LogP contribution in [0.25, 0.3) is 22.6 Å². The van der Waals surface area contributed by atoms with Gasteiger partial charge in [-0.1, -0.05) is 63.9 Å². The molecule has 2 aliphatic carbocycles. The number of allylic oxidation sites excluding steroid dienone is 1. The van der Waals surface area contributed by atoms with Crippen LogP contribution < -0.4 is 20.1 Å². The molecular weight excluding hydrogens is 558 g/mol. The molecule has 0 aliphatic heterocycles. The third-order valence-corrected chi connectivity index (χ3v) is 9.00. The summed E-state index contributed by atoms with van der Waals surface area (Å²) in [6, 6.07) is 12.6. The van der Waals surface area contributed by atoms with Crippen molar-refractivity contribution < 1.29 is 28.6 Å². The van der Waals surface area contributed by atoms with Crippen LogP contribution in [0.2, 0.25) is 0 Å². The molecule has 44 heavy (non-hydrogen) atoms. The average Bonchev–Trinajstić information content (AvgIpc) is 3.01. The number of esters is 1. The highest BCUT2D eigenvalue weighted by atomic mass is 16.5. The molecule has 1 fully saturated rings. The van der Waals surface area contributed by atoms with E-state index in [2.05, 4.69) is 31.4 Å². The molecule has 4 unspecified atom stereocenters. The van der Waals surface area contributed by atoms with E-state index in [0.29, 0.717) is 46.2 Å². The lowest BCUT2D eigenvalue weighted by Gasteiger charge is -2.34. The van der Waals surface area contributed by atoms with Gasteiger partial charge in [0.25, 0.3) is 5.91 Å². The molecule has 5 rings (SSSR count). The standard InChI is InChI=1S/C35H41N3O6/c1-20-16-24(18-23-11-9-15-29(42-4)33(23)43-5)32-26(17-20)31(25-12-6-7-13-28(25)36-32)34(40)44-19-30(39)38-35(41)37-27-14-8-10-21(2)22(27)3/h6-7,9,11-13,15,18,20-22,27H,8,10,14,16-17,19H2,1-5H3,(H2,37,38,39,41)/b24-18-. The zero-order chi connectivity index (χ0) is 31.4. The van der Waals surface area contributed by atoms with Gasteiger partial charge in [-0.2, -0.15) is 0 Å². The lowest BCUT2D eigenvalue weighted by Crippen LogP contribution is -2.49. The largest absolute Gasteiger partial charge is 0.493 e. The van der Waals surface area contributed by atoms with Gasteiger partial charge >= 0.3 is 12.0 Å². The molecule has 9 nitrogen and oxygen atoms in total. The molecular formula is C35H41N3O6. The predicted octanol–water partition coefficient (Wildman–Crippen LogP) is 6.18. The van der Waals surface area contributed by atoms with Crippen LogP contribution in [0.5, 0.6) is 11.5 Å². The van der Waals surface area contributed by atoms with Gasteiger partial charge in [0.05, 0.1) is 31.0 Å². The van der Waals surface area contributed by atoms with Crippen LogP contribution >= 0.6 is 0 Å². The third kappa shape index (κ3) is 6.56. The summed E-state index contributed by atoms with van der Waals surface area (Å²) in [5.41, 5.74) is 4.34. The van der Waals surface area contributed by atoms with Gasteiger partial charge < -0.3 is 19.5 Å². The number of para-hydroxylation sites is 2. The number of urea groups is 1. The monoisotopic (exact) mass is 599 g/mol. The molecule has 0 spiro atoms. The molecule has 0 bridgehead atoms. The minimum atomic E-state index is -0.682. The van der Waals surface area contributed by atoms with Crippen LogP contribution in [0.3, 0.4) is 0 Å². The first-order valence-electron chi connectivity index (χ1n) is 15.3. The number of ether oxygens (including phenoxy) is 3. The molecule has 2 aliphatic rings. The van der Waals surface area contributed by atoms with Gasteiger partial charge in [0.15, 0.2) is 18.1 Å². The summed E-state index contributed by atoms with van der Waals surface area (Å²) >= 11 is 0. The van der Waals surface area contributed by atoms with Crippen molar-refractivity contribution in [1.29, 1.82) is 0 Å². The topological polar surface area (TPSA) is 116 Å². The Morgan fingerprint density at radius 2 is 1.77 bits per heavy atom. The lowest BCUT2D eigenvalue weighted by atomic mass is 9.78. The molecule has 1 heterocycles. The van der Waals surface area contributed by atoms with Crippen LogP contribution in [0.15, 0.2) is 42.5 Å². The number of fused-ring (bicyclic) bond motifs is 2. The summed E-state index contributed by atoms with van der Waals surface area (Å²) in [5, 5.41) is 5.89. The molecule has 0 saturated heterocycles. The van der Waals surface area contributed by atoms with Gasteiger partial charge in [-0.3, -0.25) is 10.1 Å². The Bertz CT molecular complexity index is 1600. The number of benzene rings is 2. The van der Waals surface area contributed by atoms with E-state index in [1.807, 2.05) is 48.5 Å². The molecule has 0 radical (unpaired) electrons. The Balaban J connectivity index is 1.40. The summed E-state index contributed by atoms with van der Waals surface area (Å²) in [5.74, 6) is 0.969. The van der Waals surface area contributed by atoms with E-state index in [0.717, 1.165) is 48.1 Å². The van der Waals surface area contributed by atoms with Crippen molar-refractivity contribution in [2.45, 2.75) is 58.9 Å². The number of carbonyl (C=O) groups is 3. The van der Waals surface area contributed by atoms with E-state index in [-0.39, 0.29) is 12.0 Å². The lowest BCUT2D eigenvalue weighted by molar-refractivity contribution is -0.123. The Morgan fingerprint density at radius 3 is 2.55 bits per heavy atom. The summed E-state index contributed by atoms with van der Waals surface area (Å²) in [7, 11) is 3.20. The number of carbonyl (C=O) groups excluding carboxylic acids is 3. The molecule has 4 atom stereocenters. The minimum Gasteiger partial charge on any atom is -0.493 e. The Morgan fingerprint density at radius 1 is 0.977 bits per heavy atom. The quantitative estimate of drug-likeness (QED) is 0.312. The molecule has 2 aromatic carbocycles. The van der Waals surface area contributed by atoms with Crippen molar-refractivity contribution in [2.24, 2.45) is 17.8 Å². The van der Waals surface area contributed by atoms with Crippen LogP contribution in [0.4, 0.5) is 4.79 Å². The summed E-state index contributed by atoms with van der Waals surface area (Å²) in [6.45, 7) is 5.85. The zero-order valence-electron chi connectivity index (χ0n) is 26.1. The van der Waals surface area contributed by atoms with E-state index in [1.165, 1.54) is 0 Å². The molecule has 1 aromatic heterocycles. The normalized spacial score (nSPS) is 22.2. The zero-order valence-corrected chi connectivity index (χ0v) is 26.1. The summed E-state index contributed by atoms with van der Waals surface area (Å²) in [4.78, 5) is 43.9. The minimum absolute atomic E-state index is 0.00462. The number of aromatic nitrogens is 1. The number of amides is 3. The second-order valence-electron chi connectivity index (χ2n) is 12.1. The molecule has 9 heteroatoms. The average molecular weight is 600 g/mol. The number of hydrogen-bond donors (Lipinski definition) is 2. The van der Waals surface area contributed by atoms with Gasteiger partial charge in [0.1, 0.15) is 0 Å². The van der Waals surface area contributed by atoms with Crippen molar-refractivity contribution in [2.75, 3.05) is 20.8 Å². The van der Waals surface area contributed by atoms with E-state index in [9.17, 15) is 14.4 Å². The highest BCUT2D eigenvalue weighted by molar-refractivity contribution is 6.07. The van der Waals surface area contributed by atoms with Gasteiger partial charge in [-0.15, -0.1) is 0 Å². The third-order valence-electron chi connectivity index (χ3n) is 9.00. The van der Waals surface area contributed by atoms with Crippen molar-refractivity contribution in [3.8, 4) is 11.5 Å². The number of pyridine rings is 1. The van der Waals surface area contributed by atoms with Gasteiger partial charge in [0.2, 0.25) is 0 Å². The van der Waals surface area contributed by atoms with E-state index < -0.39 is 24.5 Å². The first kappa shape index (κ1) is 31.0. The van der Waals surface area contributed by atoms with Gasteiger partial charge in [-0.05, 0) is 66.4 Å². The first-order valence-corrected chi connectivity index (χ1v) is 15.3.